The first-order valence-corrected chi connectivity index (χ1v) is 28.1. The first-order valence-electron chi connectivity index (χ1n) is 26.4. The first-order chi connectivity index (χ1) is 37.5. The summed E-state index contributed by atoms with van der Waals surface area (Å²) in [5.41, 5.74) is 8.64. The number of nitrogens with zero attached hydrogens (tertiary/aromatic N) is 4. The van der Waals surface area contributed by atoms with E-state index in [2.05, 4.69) is 88.2 Å². The average Bonchev–Trinajstić information content (AvgIpc) is 2.10. The van der Waals surface area contributed by atoms with Crippen molar-refractivity contribution < 1.29 is 19.3 Å². The van der Waals surface area contributed by atoms with E-state index in [-0.39, 0.29) is 45.8 Å². The molecular weight excluding hydrogens is 1010 g/mol. The molecule has 6 aromatic carbocycles. The number of thiazole rings is 2. The van der Waals surface area contributed by atoms with Crippen LogP contribution < -0.4 is 16.0 Å². The monoisotopic (exact) mass is 1070 g/mol. The van der Waals surface area contributed by atoms with Crippen molar-refractivity contribution in [1.29, 1.82) is 0 Å². The minimum absolute atomic E-state index is 0.0802. The van der Waals surface area contributed by atoms with Crippen molar-refractivity contribution in [2.75, 3.05) is 16.0 Å². The number of fused-ring (bicyclic) bond motifs is 2. The third kappa shape index (κ3) is 8.08. The van der Waals surface area contributed by atoms with Gasteiger partial charge in [-0.25, -0.2) is 16.5 Å². The summed E-state index contributed by atoms with van der Waals surface area (Å²) < 4.78 is 0. The number of carbonyl (C=O) groups is 3. The van der Waals surface area contributed by atoms with Crippen molar-refractivity contribution in [1.82, 2.24) is 9.97 Å². The number of anilines is 3. The first kappa shape index (κ1) is 50.7. The summed E-state index contributed by atoms with van der Waals surface area (Å²) in [6.07, 6.45) is 2.99. The Morgan fingerprint density at radius 2 is 1.10 bits per heavy atom. The number of nitro groups is 1. The van der Waals surface area contributed by atoms with Crippen molar-refractivity contribution in [2.24, 2.45) is 22.2 Å². The molecule has 3 amide bonds. The van der Waals surface area contributed by atoms with Crippen LogP contribution in [0.1, 0.15) is 131 Å². The number of amides is 3. The van der Waals surface area contributed by atoms with Crippen molar-refractivity contribution in [3.63, 3.8) is 0 Å². The van der Waals surface area contributed by atoms with Gasteiger partial charge in [0.05, 0.1) is 16.8 Å². The SMILES string of the molecule is Cc1ccc(Cc2csc(NC(=O)C3(C)CC4c5ccccc5C3([N+](=O)[O-])c3ccccc34)n2)cc1.[C-]#[N+]C12CC(C)(C(=O)Nc3nc(Cc4ccc(NC(=O)C5CC5(C)C)cc4)cs3)C(c3ccccc31)c1ccccc12. The summed E-state index contributed by atoms with van der Waals surface area (Å²) in [6.45, 7) is 18.3. The van der Waals surface area contributed by atoms with Crippen LogP contribution >= 0.6 is 22.7 Å². The molecule has 14 heteroatoms. The molecule has 15 rings (SSSR count). The van der Waals surface area contributed by atoms with Crippen LogP contribution in [0.15, 0.2) is 156 Å². The van der Waals surface area contributed by atoms with Gasteiger partial charge in [-0.15, -0.1) is 22.7 Å². The van der Waals surface area contributed by atoms with Crippen LogP contribution in [0.2, 0.25) is 0 Å². The van der Waals surface area contributed by atoms with Gasteiger partial charge in [0.2, 0.25) is 17.7 Å². The molecule has 2 heterocycles. The maximum Gasteiger partial charge on any atom is 0.286 e. The number of nitrogens with one attached hydrogen (secondary N) is 3. The van der Waals surface area contributed by atoms with Gasteiger partial charge in [-0.3, -0.25) is 29.3 Å². The molecule has 0 aliphatic heterocycles. The molecule has 4 bridgehead atoms. The normalized spacial score (nSPS) is 24.8. The Kier molecular flexibility index (Phi) is 12.2. The van der Waals surface area contributed by atoms with Gasteiger partial charge in [0.1, 0.15) is 5.41 Å². The number of aromatic nitrogens is 2. The summed E-state index contributed by atoms with van der Waals surface area (Å²) in [7, 11) is 0. The predicted octanol–water partition coefficient (Wildman–Crippen LogP) is 13.4. The highest BCUT2D eigenvalue weighted by Crippen LogP contribution is 2.66. The van der Waals surface area contributed by atoms with Gasteiger partial charge in [-0.05, 0) is 84.5 Å². The van der Waals surface area contributed by atoms with Crippen LogP contribution in [-0.2, 0) is 38.3 Å². The number of rotatable bonds is 11. The molecular formula is C64H57N7O5S2. The van der Waals surface area contributed by atoms with Crippen LogP contribution in [0, 0.1) is 45.8 Å². The van der Waals surface area contributed by atoms with Crippen LogP contribution in [0.4, 0.5) is 16.0 Å². The van der Waals surface area contributed by atoms with Crippen molar-refractivity contribution in [2.45, 2.75) is 89.6 Å². The molecule has 3 unspecified atom stereocenters. The Morgan fingerprint density at radius 1 is 0.641 bits per heavy atom. The second-order valence-electron chi connectivity index (χ2n) is 22.9. The fourth-order valence-electron chi connectivity index (χ4n) is 13.4. The molecule has 390 valence electrons. The van der Waals surface area contributed by atoms with Crippen molar-refractivity contribution >= 4 is 56.3 Å². The lowest BCUT2D eigenvalue weighted by Crippen LogP contribution is -2.62. The van der Waals surface area contributed by atoms with E-state index in [9.17, 15) is 24.5 Å². The number of benzene rings is 6. The van der Waals surface area contributed by atoms with E-state index in [0.29, 0.717) is 47.1 Å². The molecule has 7 aliphatic carbocycles. The lowest BCUT2D eigenvalue weighted by molar-refractivity contribution is -0.587. The van der Waals surface area contributed by atoms with E-state index in [1.165, 1.54) is 28.2 Å². The molecule has 1 fully saturated rings. The quantitative estimate of drug-likeness (QED) is 0.0660. The molecule has 78 heavy (non-hydrogen) atoms. The fraction of sp³-hybridized carbons (Fsp3) is 0.281. The highest BCUT2D eigenvalue weighted by atomic mass is 32.1. The molecule has 1 saturated carbocycles. The largest absolute Gasteiger partial charge is 0.326 e. The molecule has 0 saturated heterocycles. The van der Waals surface area contributed by atoms with Crippen molar-refractivity contribution in [3.05, 3.63) is 250 Å². The van der Waals surface area contributed by atoms with E-state index < -0.39 is 21.9 Å². The highest BCUT2D eigenvalue weighted by Gasteiger charge is 2.72. The smallest absolute Gasteiger partial charge is 0.286 e. The number of carbonyl (C=O) groups excluding carboxylic acids is 3. The van der Waals surface area contributed by atoms with Gasteiger partial charge in [-0.2, -0.15) is 0 Å². The second-order valence-corrected chi connectivity index (χ2v) is 24.6. The van der Waals surface area contributed by atoms with Gasteiger partial charge in [-0.1, -0.05) is 153 Å². The Hall–Kier alpha value is -8.12. The molecule has 0 radical (unpaired) electrons. The van der Waals surface area contributed by atoms with E-state index in [4.69, 9.17) is 11.6 Å². The zero-order chi connectivity index (χ0) is 54.4. The fourth-order valence-corrected chi connectivity index (χ4v) is 14.8. The van der Waals surface area contributed by atoms with Crippen LogP contribution in [-0.4, -0.2) is 32.6 Å². The lowest BCUT2D eigenvalue weighted by atomic mass is 9.48. The number of aryl methyl sites for hydroxylation is 1. The van der Waals surface area contributed by atoms with Crippen molar-refractivity contribution in [3.8, 4) is 0 Å². The Balaban J connectivity index is 0.000000158. The Morgan fingerprint density at radius 3 is 1.59 bits per heavy atom. The molecule has 2 aromatic heterocycles. The standard InChI is InChI=1S/C35H32N4O2S.C29H25N3O3S/c1-33(2)18-28(33)30(40)37-22-15-13-21(14-16-22)17-23-19-42-32(38-23)39-31(41)34(3)20-35(36-4)26-11-7-5-9-24(26)29(34)25-10-6-8-12-27(25)35;1-18-11-13-19(14-12-18)15-20-17-36-27(30-20)31-26(33)28(2)16-23-21-7-3-5-9-24(21)29(28,32(34)35)25-10-6-4-8-22(23)25/h5-16,19,28-29H,17-18,20H2,1-3H3,(H,37,40)(H,38,39,41);3-14,17,23H,15-16H2,1-2H3,(H,30,31,33). The maximum absolute atomic E-state index is 14.1. The Labute approximate surface area is 461 Å². The second kappa shape index (κ2) is 18.8. The molecule has 12 nitrogen and oxygen atoms in total. The third-order valence-corrected chi connectivity index (χ3v) is 19.1. The van der Waals surface area contributed by atoms with Gasteiger partial charge in [0.15, 0.2) is 10.3 Å². The summed E-state index contributed by atoms with van der Waals surface area (Å²) in [5.74, 6) is -0.528. The van der Waals surface area contributed by atoms with E-state index >= 15 is 0 Å². The Bertz CT molecular complexity index is 3690. The van der Waals surface area contributed by atoms with Crippen LogP contribution in [0.5, 0.6) is 0 Å². The van der Waals surface area contributed by atoms with Crippen LogP contribution in [0.3, 0.4) is 0 Å². The average molecular weight is 1070 g/mol. The van der Waals surface area contributed by atoms with Gasteiger partial charge < -0.3 is 16.0 Å². The van der Waals surface area contributed by atoms with Gasteiger partial charge in [0.25, 0.3) is 11.1 Å². The molecule has 8 aromatic rings. The molecule has 3 atom stereocenters. The minimum Gasteiger partial charge on any atom is -0.326 e. The van der Waals surface area contributed by atoms with Gasteiger partial charge >= 0.3 is 0 Å². The van der Waals surface area contributed by atoms with Crippen LogP contribution in [0.25, 0.3) is 4.85 Å². The summed E-state index contributed by atoms with van der Waals surface area (Å²) >= 11 is 2.77. The summed E-state index contributed by atoms with van der Waals surface area (Å²) in [5, 5.41) is 27.1. The van der Waals surface area contributed by atoms with E-state index in [1.54, 1.807) is 6.92 Å². The summed E-state index contributed by atoms with van der Waals surface area (Å²) in [4.78, 5) is 66.9. The predicted molar refractivity (Wildman–Crippen MR) is 305 cm³/mol. The van der Waals surface area contributed by atoms with E-state index in [1.807, 2.05) is 122 Å². The third-order valence-electron chi connectivity index (χ3n) is 17.5. The lowest BCUT2D eigenvalue weighted by Gasteiger charge is -2.52. The zero-order valence-corrected chi connectivity index (χ0v) is 45.6. The number of hydrogen-bond donors (Lipinski definition) is 3. The minimum atomic E-state index is -1.68. The molecule has 7 aliphatic rings. The molecule has 3 N–H and O–H groups in total. The summed E-state index contributed by atoms with van der Waals surface area (Å²) in [6, 6.07) is 47.4. The van der Waals surface area contributed by atoms with E-state index in [0.717, 1.165) is 68.0 Å². The highest BCUT2D eigenvalue weighted by molar-refractivity contribution is 7.14. The maximum atomic E-state index is 14.1. The number of hydrogen-bond acceptors (Lipinski definition) is 9. The topological polar surface area (TPSA) is 161 Å². The molecule has 0 spiro atoms. The van der Waals surface area contributed by atoms with Gasteiger partial charge in [0, 0.05) is 80.6 Å². The zero-order valence-electron chi connectivity index (χ0n) is 43.9.